The predicted molar refractivity (Wildman–Crippen MR) is 75.5 cm³/mol. The number of carboxylic acids is 1. The smallest absolute Gasteiger partial charge is 0.305 e. The Morgan fingerprint density at radius 2 is 1.75 bits per heavy atom. The zero-order valence-corrected chi connectivity index (χ0v) is 11.5. The topological polar surface area (TPSA) is 66.0 Å². The van der Waals surface area contributed by atoms with E-state index >= 15 is 0 Å². The van der Waals surface area contributed by atoms with E-state index < -0.39 is 5.97 Å². The molecular weight excluding hydrogens is 252 g/mol. The summed E-state index contributed by atoms with van der Waals surface area (Å²) in [6.45, 7) is 3.93. The molecule has 0 bridgehead atoms. The molecule has 0 aliphatic carbocycles. The van der Waals surface area contributed by atoms with Gasteiger partial charge in [0.1, 0.15) is 0 Å². The molecule has 0 aliphatic rings. The number of nitriles is 1. The van der Waals surface area contributed by atoms with E-state index in [4.69, 9.17) is 10.4 Å². The van der Waals surface area contributed by atoms with Gasteiger partial charge in [-0.25, -0.2) is 0 Å². The summed E-state index contributed by atoms with van der Waals surface area (Å²) < 4.78 is 2.02. The van der Waals surface area contributed by atoms with Gasteiger partial charge in [-0.3, -0.25) is 4.79 Å². The van der Waals surface area contributed by atoms with E-state index in [1.54, 1.807) is 12.1 Å². The molecular formula is C16H16N2O2. The molecule has 0 unspecified atom stereocenters. The van der Waals surface area contributed by atoms with Crippen molar-refractivity contribution in [2.24, 2.45) is 0 Å². The van der Waals surface area contributed by atoms with Crippen molar-refractivity contribution in [1.82, 2.24) is 4.57 Å². The Labute approximate surface area is 117 Å². The summed E-state index contributed by atoms with van der Waals surface area (Å²) in [5.41, 5.74) is 3.52. The maximum Gasteiger partial charge on any atom is 0.305 e. The number of carbonyl (C=O) groups is 1. The zero-order valence-electron chi connectivity index (χ0n) is 11.5. The highest BCUT2D eigenvalue weighted by molar-refractivity contribution is 5.68. The number of hydrogen-bond donors (Lipinski definition) is 1. The molecule has 2 aromatic rings. The summed E-state index contributed by atoms with van der Waals surface area (Å²) in [5.74, 6) is -0.841. The van der Waals surface area contributed by atoms with E-state index in [1.165, 1.54) is 0 Å². The molecule has 1 atom stereocenters. The highest BCUT2D eigenvalue weighted by atomic mass is 16.4. The first-order valence-electron chi connectivity index (χ1n) is 6.39. The van der Waals surface area contributed by atoms with Gasteiger partial charge in [-0.15, -0.1) is 0 Å². The number of benzene rings is 1. The number of rotatable bonds is 4. The second-order valence-corrected chi connectivity index (χ2v) is 4.83. The second kappa shape index (κ2) is 5.62. The standard InChI is InChI=1S/C16H16N2O2/c1-11-3-4-12(2)18(11)15(9-16(19)20)14-7-5-13(10-17)6-8-14/h3-8,15H,9H2,1-2H3,(H,19,20)/t15-/m0/s1. The molecule has 0 spiro atoms. The minimum Gasteiger partial charge on any atom is -0.481 e. The molecule has 0 saturated heterocycles. The van der Waals surface area contributed by atoms with Crippen molar-refractivity contribution < 1.29 is 9.90 Å². The van der Waals surface area contributed by atoms with Crippen LogP contribution in [0, 0.1) is 25.2 Å². The molecule has 0 radical (unpaired) electrons. The van der Waals surface area contributed by atoms with Crippen LogP contribution in [-0.4, -0.2) is 15.6 Å². The fourth-order valence-corrected chi connectivity index (χ4v) is 2.48. The summed E-state index contributed by atoms with van der Waals surface area (Å²) in [6.07, 6.45) is 0.0161. The van der Waals surface area contributed by atoms with Gasteiger partial charge in [-0.2, -0.15) is 5.26 Å². The van der Waals surface area contributed by atoms with E-state index in [0.29, 0.717) is 5.56 Å². The third-order valence-electron chi connectivity index (χ3n) is 3.43. The van der Waals surface area contributed by atoms with Gasteiger partial charge in [0, 0.05) is 11.4 Å². The molecule has 4 nitrogen and oxygen atoms in total. The quantitative estimate of drug-likeness (QED) is 0.926. The molecule has 1 N–H and O–H groups in total. The molecule has 1 heterocycles. The molecule has 1 aromatic carbocycles. The van der Waals surface area contributed by atoms with Gasteiger partial charge in [0.2, 0.25) is 0 Å². The maximum atomic E-state index is 11.2. The molecule has 0 aliphatic heterocycles. The van der Waals surface area contributed by atoms with Gasteiger partial charge in [-0.05, 0) is 43.7 Å². The van der Waals surface area contributed by atoms with E-state index in [1.807, 2.05) is 42.7 Å². The second-order valence-electron chi connectivity index (χ2n) is 4.83. The van der Waals surface area contributed by atoms with Crippen molar-refractivity contribution in [1.29, 1.82) is 5.26 Å². The summed E-state index contributed by atoms with van der Waals surface area (Å²) in [7, 11) is 0. The minimum absolute atomic E-state index is 0.0161. The van der Waals surface area contributed by atoms with Gasteiger partial charge in [0.15, 0.2) is 0 Å². The van der Waals surface area contributed by atoms with Crippen LogP contribution in [-0.2, 0) is 4.79 Å². The van der Waals surface area contributed by atoms with Crippen LogP contribution in [0.2, 0.25) is 0 Å². The van der Waals surface area contributed by atoms with Crippen LogP contribution in [0.25, 0.3) is 0 Å². The van der Waals surface area contributed by atoms with Crippen molar-refractivity contribution >= 4 is 5.97 Å². The minimum atomic E-state index is -0.841. The summed E-state index contributed by atoms with van der Waals surface area (Å²) in [5, 5.41) is 18.0. The van der Waals surface area contributed by atoms with Crippen molar-refractivity contribution in [2.45, 2.75) is 26.3 Å². The molecule has 102 valence electrons. The van der Waals surface area contributed by atoms with Crippen LogP contribution in [0.3, 0.4) is 0 Å². The first-order chi connectivity index (χ1) is 9.52. The van der Waals surface area contributed by atoms with Crippen LogP contribution in [0.5, 0.6) is 0 Å². The first kappa shape index (κ1) is 13.9. The largest absolute Gasteiger partial charge is 0.481 e. The Morgan fingerprint density at radius 1 is 1.20 bits per heavy atom. The number of carboxylic acid groups (broad SMARTS) is 1. The van der Waals surface area contributed by atoms with Gasteiger partial charge in [0.25, 0.3) is 0 Å². The summed E-state index contributed by atoms with van der Waals surface area (Å²) in [4.78, 5) is 11.2. The molecule has 0 fully saturated rings. The third-order valence-corrected chi connectivity index (χ3v) is 3.43. The monoisotopic (exact) mass is 268 g/mol. The Hall–Kier alpha value is -2.54. The zero-order chi connectivity index (χ0) is 14.7. The average Bonchev–Trinajstić information content (AvgIpc) is 2.76. The molecule has 1 aromatic heterocycles. The Morgan fingerprint density at radius 3 is 2.20 bits per heavy atom. The molecule has 4 heteroatoms. The van der Waals surface area contributed by atoms with E-state index in [-0.39, 0.29) is 12.5 Å². The molecule has 0 amide bonds. The normalized spacial score (nSPS) is 11.8. The number of hydrogen-bond acceptors (Lipinski definition) is 2. The lowest BCUT2D eigenvalue weighted by molar-refractivity contribution is -0.137. The number of aliphatic carboxylic acids is 1. The highest BCUT2D eigenvalue weighted by Gasteiger charge is 2.20. The fraction of sp³-hybridized carbons (Fsp3) is 0.250. The van der Waals surface area contributed by atoms with Crippen LogP contribution in [0.1, 0.15) is 35.0 Å². The number of aromatic nitrogens is 1. The highest BCUT2D eigenvalue weighted by Crippen LogP contribution is 2.26. The fourth-order valence-electron chi connectivity index (χ4n) is 2.48. The number of aryl methyl sites for hydroxylation is 2. The van der Waals surface area contributed by atoms with E-state index in [2.05, 4.69) is 6.07 Å². The lowest BCUT2D eigenvalue weighted by Gasteiger charge is -2.21. The Kier molecular flexibility index (Phi) is 3.90. The molecule has 0 saturated carbocycles. The first-order valence-corrected chi connectivity index (χ1v) is 6.39. The van der Waals surface area contributed by atoms with Crippen LogP contribution in [0.15, 0.2) is 36.4 Å². The Bertz CT molecular complexity index is 643. The van der Waals surface area contributed by atoms with Crippen molar-refractivity contribution in [3.8, 4) is 6.07 Å². The van der Waals surface area contributed by atoms with Gasteiger partial charge in [-0.1, -0.05) is 12.1 Å². The average molecular weight is 268 g/mol. The number of nitrogens with zero attached hydrogens (tertiary/aromatic N) is 2. The third kappa shape index (κ3) is 2.72. The predicted octanol–water partition coefficient (Wildman–Crippen LogP) is 3.04. The summed E-state index contributed by atoms with van der Waals surface area (Å²) in [6, 6.07) is 12.9. The lowest BCUT2D eigenvalue weighted by atomic mass is 10.0. The SMILES string of the molecule is Cc1ccc(C)n1[C@@H](CC(=O)O)c1ccc(C#N)cc1. The molecule has 20 heavy (non-hydrogen) atoms. The van der Waals surface area contributed by atoms with Gasteiger partial charge < -0.3 is 9.67 Å². The summed E-state index contributed by atoms with van der Waals surface area (Å²) >= 11 is 0. The van der Waals surface area contributed by atoms with E-state index in [0.717, 1.165) is 17.0 Å². The van der Waals surface area contributed by atoms with Gasteiger partial charge >= 0.3 is 5.97 Å². The van der Waals surface area contributed by atoms with Crippen LogP contribution >= 0.6 is 0 Å². The van der Waals surface area contributed by atoms with E-state index in [9.17, 15) is 4.79 Å². The van der Waals surface area contributed by atoms with Crippen molar-refractivity contribution in [3.05, 3.63) is 58.9 Å². The lowest BCUT2D eigenvalue weighted by Crippen LogP contribution is -2.17. The van der Waals surface area contributed by atoms with Crippen LogP contribution in [0.4, 0.5) is 0 Å². The maximum absolute atomic E-state index is 11.2. The Balaban J connectivity index is 2.47. The van der Waals surface area contributed by atoms with Crippen molar-refractivity contribution in [2.75, 3.05) is 0 Å². The molecule has 2 rings (SSSR count). The van der Waals surface area contributed by atoms with Crippen molar-refractivity contribution in [3.63, 3.8) is 0 Å². The van der Waals surface area contributed by atoms with Gasteiger partial charge in [0.05, 0.1) is 24.1 Å². The van der Waals surface area contributed by atoms with Crippen LogP contribution < -0.4 is 0 Å².